The van der Waals surface area contributed by atoms with Crippen molar-refractivity contribution >= 4 is 34.0 Å². The van der Waals surface area contributed by atoms with Gasteiger partial charge in [-0.3, -0.25) is 0 Å². The molecule has 144 valence electrons. The Kier molecular flexibility index (Phi) is 3.97. The Balaban J connectivity index is 1.45. The summed E-state index contributed by atoms with van der Waals surface area (Å²) in [6.45, 7) is 4.07. The maximum atomic E-state index is 4.60. The molecular weight excluding hydrogens is 364 g/mol. The molecule has 5 rings (SSSR count). The van der Waals surface area contributed by atoms with E-state index in [1.54, 1.807) is 12.5 Å². The van der Waals surface area contributed by atoms with Gasteiger partial charge in [0, 0.05) is 48.2 Å². The fourth-order valence-electron chi connectivity index (χ4n) is 3.50. The molecule has 1 aliphatic heterocycles. The summed E-state index contributed by atoms with van der Waals surface area (Å²) < 4.78 is 1.90. The van der Waals surface area contributed by atoms with Crippen LogP contribution in [-0.4, -0.2) is 35.9 Å². The number of aromatic amines is 1. The van der Waals surface area contributed by atoms with Crippen molar-refractivity contribution in [3.8, 4) is 11.4 Å². The van der Waals surface area contributed by atoms with Crippen LogP contribution >= 0.6 is 0 Å². The number of anilines is 2. The van der Waals surface area contributed by atoms with Gasteiger partial charge in [0.2, 0.25) is 5.95 Å². The molecule has 0 saturated heterocycles. The standard InChI is InChI=1S/C21H20N8/c1-12-6-15(8-14-9-17(25-20(12)14)18-7-13(2)27-28-18)24-21-22-5-4-16(26-21)19-10-29(3)11-23-19/h4-6,8-11,25H,7H2,1-3H3,(H,22,24,26). The number of hydrogen-bond donors (Lipinski definition) is 2. The number of aromatic nitrogens is 5. The highest BCUT2D eigenvalue weighted by atomic mass is 15.2. The van der Waals surface area contributed by atoms with Gasteiger partial charge in [-0.2, -0.15) is 10.2 Å². The summed E-state index contributed by atoms with van der Waals surface area (Å²) in [7, 11) is 1.94. The van der Waals surface area contributed by atoms with Gasteiger partial charge in [-0.05, 0) is 43.7 Å². The van der Waals surface area contributed by atoms with Gasteiger partial charge in [0.25, 0.3) is 0 Å². The van der Waals surface area contributed by atoms with Gasteiger partial charge in [0.1, 0.15) is 5.69 Å². The molecular formula is C21H20N8. The first-order valence-electron chi connectivity index (χ1n) is 9.37. The summed E-state index contributed by atoms with van der Waals surface area (Å²) in [6, 6.07) is 8.14. The SMILES string of the molecule is CC1=NN=C(c2cc3cc(Nc4nccc(-c5cn(C)cn5)n4)cc(C)c3[nH]2)C1. The molecule has 4 aromatic rings. The van der Waals surface area contributed by atoms with Crippen molar-refractivity contribution in [1.82, 2.24) is 24.5 Å². The van der Waals surface area contributed by atoms with Crippen LogP contribution in [-0.2, 0) is 7.05 Å². The van der Waals surface area contributed by atoms with Gasteiger partial charge >= 0.3 is 0 Å². The van der Waals surface area contributed by atoms with E-state index in [0.29, 0.717) is 5.95 Å². The van der Waals surface area contributed by atoms with Crippen LogP contribution in [0.5, 0.6) is 0 Å². The van der Waals surface area contributed by atoms with Crippen LogP contribution in [0.15, 0.2) is 53.2 Å². The zero-order valence-electron chi connectivity index (χ0n) is 16.4. The number of fused-ring (bicyclic) bond motifs is 1. The van der Waals surface area contributed by atoms with E-state index in [4.69, 9.17) is 0 Å². The van der Waals surface area contributed by atoms with E-state index < -0.39 is 0 Å². The number of nitrogens with one attached hydrogen (secondary N) is 2. The molecule has 0 saturated carbocycles. The minimum absolute atomic E-state index is 0.534. The third-order valence-corrected chi connectivity index (χ3v) is 4.88. The molecule has 1 aromatic carbocycles. The molecule has 0 unspecified atom stereocenters. The second-order valence-electron chi connectivity index (χ2n) is 7.31. The maximum absolute atomic E-state index is 4.60. The summed E-state index contributed by atoms with van der Waals surface area (Å²) in [6.07, 6.45) is 6.21. The topological polar surface area (TPSA) is 96.1 Å². The smallest absolute Gasteiger partial charge is 0.227 e. The van der Waals surface area contributed by atoms with E-state index in [9.17, 15) is 0 Å². The maximum Gasteiger partial charge on any atom is 0.227 e. The second-order valence-corrected chi connectivity index (χ2v) is 7.31. The molecule has 1 aliphatic rings. The van der Waals surface area contributed by atoms with Gasteiger partial charge in [-0.15, -0.1) is 0 Å². The lowest BCUT2D eigenvalue weighted by Crippen LogP contribution is -2.01. The number of nitrogens with zero attached hydrogens (tertiary/aromatic N) is 6. The molecule has 2 N–H and O–H groups in total. The van der Waals surface area contributed by atoms with E-state index in [2.05, 4.69) is 60.6 Å². The van der Waals surface area contributed by atoms with Crippen molar-refractivity contribution in [1.29, 1.82) is 0 Å². The number of imidazole rings is 1. The van der Waals surface area contributed by atoms with Crippen LogP contribution in [0, 0.1) is 6.92 Å². The van der Waals surface area contributed by atoms with Crippen molar-refractivity contribution in [3.63, 3.8) is 0 Å². The Bertz CT molecular complexity index is 1290. The Labute approximate surface area is 167 Å². The van der Waals surface area contributed by atoms with Gasteiger partial charge in [-0.25, -0.2) is 15.0 Å². The predicted molar refractivity (Wildman–Crippen MR) is 115 cm³/mol. The minimum Gasteiger partial charge on any atom is -0.353 e. The van der Waals surface area contributed by atoms with Gasteiger partial charge in [0.15, 0.2) is 0 Å². The lowest BCUT2D eigenvalue weighted by molar-refractivity contribution is 0.913. The Morgan fingerprint density at radius 2 is 1.97 bits per heavy atom. The van der Waals surface area contributed by atoms with Crippen LogP contribution < -0.4 is 5.32 Å². The summed E-state index contributed by atoms with van der Waals surface area (Å²) in [4.78, 5) is 16.8. The number of benzene rings is 1. The Hall–Kier alpha value is -3.81. The van der Waals surface area contributed by atoms with E-state index in [1.807, 2.05) is 30.8 Å². The molecule has 29 heavy (non-hydrogen) atoms. The van der Waals surface area contributed by atoms with Gasteiger partial charge < -0.3 is 14.9 Å². The fourth-order valence-corrected chi connectivity index (χ4v) is 3.50. The lowest BCUT2D eigenvalue weighted by Gasteiger charge is -2.07. The molecule has 0 atom stereocenters. The molecule has 4 heterocycles. The molecule has 0 bridgehead atoms. The zero-order valence-corrected chi connectivity index (χ0v) is 16.4. The van der Waals surface area contributed by atoms with E-state index in [1.165, 1.54) is 0 Å². The van der Waals surface area contributed by atoms with Crippen LogP contribution in [0.4, 0.5) is 11.6 Å². The molecule has 3 aromatic heterocycles. The monoisotopic (exact) mass is 384 g/mol. The van der Waals surface area contributed by atoms with Crippen LogP contribution in [0.2, 0.25) is 0 Å². The van der Waals surface area contributed by atoms with E-state index in [-0.39, 0.29) is 0 Å². The zero-order chi connectivity index (χ0) is 20.0. The Morgan fingerprint density at radius 1 is 1.07 bits per heavy atom. The first-order chi connectivity index (χ1) is 14.0. The Morgan fingerprint density at radius 3 is 2.72 bits per heavy atom. The van der Waals surface area contributed by atoms with E-state index in [0.717, 1.165) is 57.1 Å². The first-order valence-corrected chi connectivity index (χ1v) is 9.37. The third-order valence-electron chi connectivity index (χ3n) is 4.88. The number of aryl methyl sites for hydroxylation is 2. The highest BCUT2D eigenvalue weighted by Crippen LogP contribution is 2.27. The number of H-pyrrole nitrogens is 1. The van der Waals surface area contributed by atoms with Gasteiger partial charge in [-0.1, -0.05) is 0 Å². The summed E-state index contributed by atoms with van der Waals surface area (Å²) >= 11 is 0. The average molecular weight is 384 g/mol. The summed E-state index contributed by atoms with van der Waals surface area (Å²) in [5.41, 5.74) is 7.76. The van der Waals surface area contributed by atoms with Crippen LogP contribution in [0.3, 0.4) is 0 Å². The highest BCUT2D eigenvalue weighted by Gasteiger charge is 2.15. The van der Waals surface area contributed by atoms with Gasteiger partial charge in [0.05, 0.1) is 23.4 Å². The second kappa shape index (κ2) is 6.66. The largest absolute Gasteiger partial charge is 0.353 e. The predicted octanol–water partition coefficient (Wildman–Crippen LogP) is 3.98. The molecule has 8 nitrogen and oxygen atoms in total. The van der Waals surface area contributed by atoms with Crippen molar-refractivity contribution in [2.24, 2.45) is 17.3 Å². The van der Waals surface area contributed by atoms with Crippen molar-refractivity contribution in [3.05, 3.63) is 54.2 Å². The molecule has 0 amide bonds. The normalized spacial score (nSPS) is 13.6. The molecule has 0 aliphatic carbocycles. The fraction of sp³-hybridized carbons (Fsp3) is 0.190. The molecule has 0 spiro atoms. The quantitative estimate of drug-likeness (QED) is 0.556. The minimum atomic E-state index is 0.534. The van der Waals surface area contributed by atoms with Crippen molar-refractivity contribution in [2.75, 3.05) is 5.32 Å². The number of hydrogen-bond acceptors (Lipinski definition) is 6. The number of rotatable bonds is 4. The molecule has 0 radical (unpaired) electrons. The highest BCUT2D eigenvalue weighted by molar-refractivity contribution is 6.15. The first kappa shape index (κ1) is 17.3. The van der Waals surface area contributed by atoms with Crippen molar-refractivity contribution in [2.45, 2.75) is 20.3 Å². The molecule has 0 fully saturated rings. The third kappa shape index (κ3) is 3.29. The van der Waals surface area contributed by atoms with Crippen molar-refractivity contribution < 1.29 is 0 Å². The summed E-state index contributed by atoms with van der Waals surface area (Å²) in [5.74, 6) is 0.534. The molecule has 8 heteroatoms. The van der Waals surface area contributed by atoms with Crippen LogP contribution in [0.25, 0.3) is 22.3 Å². The summed E-state index contributed by atoms with van der Waals surface area (Å²) in [5, 5.41) is 12.8. The van der Waals surface area contributed by atoms with Crippen LogP contribution in [0.1, 0.15) is 24.6 Å². The van der Waals surface area contributed by atoms with E-state index >= 15 is 0 Å². The average Bonchev–Trinajstić information content (AvgIpc) is 3.41. The lowest BCUT2D eigenvalue weighted by atomic mass is 10.1.